The molecule has 2 atom stereocenters. The molecule has 0 aliphatic heterocycles. The Labute approximate surface area is 98.5 Å². The minimum Gasteiger partial charge on any atom is -0.307 e. The van der Waals surface area contributed by atoms with Gasteiger partial charge in [0, 0.05) is 12.1 Å². The fourth-order valence-electron chi connectivity index (χ4n) is 1.64. The maximum Gasteiger partial charge on any atom is 0.141 e. The maximum atomic E-state index is 4.28. The number of aromatic nitrogens is 3. The summed E-state index contributed by atoms with van der Waals surface area (Å²) in [6, 6.07) is 0.889. The third kappa shape index (κ3) is 3.30. The summed E-state index contributed by atoms with van der Waals surface area (Å²) in [7, 11) is 0. The van der Waals surface area contributed by atoms with Gasteiger partial charge in [0.1, 0.15) is 12.2 Å². The smallest absolute Gasteiger partial charge is 0.141 e. The molecule has 1 aromatic rings. The van der Waals surface area contributed by atoms with E-state index in [1.807, 2.05) is 4.68 Å². The number of hydrogen-bond acceptors (Lipinski definition) is 3. The normalized spacial score (nSPS) is 15.4. The van der Waals surface area contributed by atoms with E-state index in [1.54, 1.807) is 6.33 Å². The predicted octanol–water partition coefficient (Wildman–Crippen LogP) is 2.38. The lowest BCUT2D eigenvalue weighted by molar-refractivity contribution is 0.377. The first-order valence-electron chi connectivity index (χ1n) is 6.18. The van der Waals surface area contributed by atoms with Crippen LogP contribution in [0.3, 0.4) is 0 Å². The highest BCUT2D eigenvalue weighted by atomic mass is 15.4. The summed E-state index contributed by atoms with van der Waals surface area (Å²) < 4.78 is 1.97. The van der Waals surface area contributed by atoms with E-state index < -0.39 is 0 Å². The molecule has 0 aliphatic carbocycles. The van der Waals surface area contributed by atoms with Crippen LogP contribution in [0, 0.1) is 5.92 Å². The van der Waals surface area contributed by atoms with Crippen LogP contribution in [0.25, 0.3) is 0 Å². The number of rotatable bonds is 6. The Morgan fingerprint density at radius 3 is 2.56 bits per heavy atom. The van der Waals surface area contributed by atoms with Crippen LogP contribution in [0.5, 0.6) is 0 Å². The van der Waals surface area contributed by atoms with Crippen molar-refractivity contribution in [3.8, 4) is 0 Å². The molecule has 0 spiro atoms. The third-order valence-electron chi connectivity index (χ3n) is 3.22. The van der Waals surface area contributed by atoms with Gasteiger partial charge in [0.25, 0.3) is 0 Å². The number of hydrogen-bond donors (Lipinski definition) is 1. The zero-order valence-electron chi connectivity index (χ0n) is 11.1. The Bertz CT molecular complexity index is 306. The zero-order chi connectivity index (χ0) is 12.1. The Balaban J connectivity index is 2.51. The molecule has 16 heavy (non-hydrogen) atoms. The highest BCUT2D eigenvalue weighted by molar-refractivity contribution is 4.86. The van der Waals surface area contributed by atoms with Crippen LogP contribution < -0.4 is 5.32 Å². The van der Waals surface area contributed by atoms with Gasteiger partial charge in [-0.3, -0.25) is 0 Å². The average molecular weight is 224 g/mol. The summed E-state index contributed by atoms with van der Waals surface area (Å²) in [6.07, 6.45) is 2.83. The molecule has 2 unspecified atom stereocenters. The van der Waals surface area contributed by atoms with Gasteiger partial charge in [-0.2, -0.15) is 5.10 Å². The molecule has 92 valence electrons. The molecule has 4 heteroatoms. The minimum absolute atomic E-state index is 0.373. The second-order valence-electron chi connectivity index (χ2n) is 4.77. The van der Waals surface area contributed by atoms with Crippen LogP contribution in [0.4, 0.5) is 0 Å². The molecule has 1 heterocycles. The van der Waals surface area contributed by atoms with Crippen LogP contribution in [-0.2, 0) is 6.54 Å². The average Bonchev–Trinajstić information content (AvgIpc) is 2.72. The molecule has 0 amide bonds. The van der Waals surface area contributed by atoms with E-state index in [1.165, 1.54) is 6.42 Å². The van der Waals surface area contributed by atoms with Crippen molar-refractivity contribution < 1.29 is 0 Å². The lowest BCUT2D eigenvalue weighted by Crippen LogP contribution is -2.32. The lowest BCUT2D eigenvalue weighted by atomic mass is 10.0. The molecule has 0 saturated heterocycles. The summed E-state index contributed by atoms with van der Waals surface area (Å²) in [6.45, 7) is 11.8. The largest absolute Gasteiger partial charge is 0.307 e. The summed E-state index contributed by atoms with van der Waals surface area (Å²) >= 11 is 0. The molecule has 1 rings (SSSR count). The van der Waals surface area contributed by atoms with Crippen LogP contribution >= 0.6 is 0 Å². The van der Waals surface area contributed by atoms with Crippen molar-refractivity contribution in [2.75, 3.05) is 0 Å². The van der Waals surface area contributed by atoms with Crippen LogP contribution in [-0.4, -0.2) is 20.8 Å². The molecule has 1 N–H and O–H groups in total. The predicted molar refractivity (Wildman–Crippen MR) is 66.2 cm³/mol. The molecule has 0 radical (unpaired) electrons. The Morgan fingerprint density at radius 2 is 2.00 bits per heavy atom. The first-order chi connectivity index (χ1) is 7.56. The van der Waals surface area contributed by atoms with Crippen LogP contribution in [0.15, 0.2) is 6.33 Å². The van der Waals surface area contributed by atoms with Gasteiger partial charge in [-0.25, -0.2) is 9.67 Å². The monoisotopic (exact) mass is 224 g/mol. The van der Waals surface area contributed by atoms with Crippen molar-refractivity contribution in [3.63, 3.8) is 0 Å². The van der Waals surface area contributed by atoms with Gasteiger partial charge >= 0.3 is 0 Å². The van der Waals surface area contributed by atoms with E-state index in [9.17, 15) is 0 Å². The molecule has 0 saturated carbocycles. The molecular formula is C12H24N4. The van der Waals surface area contributed by atoms with Gasteiger partial charge in [-0.05, 0) is 26.7 Å². The summed E-state index contributed by atoms with van der Waals surface area (Å²) in [5.41, 5.74) is 0. The molecule has 0 fully saturated rings. The van der Waals surface area contributed by atoms with Gasteiger partial charge < -0.3 is 5.32 Å². The number of nitrogens with zero attached hydrogens (tertiary/aromatic N) is 3. The first kappa shape index (κ1) is 13.2. The van der Waals surface area contributed by atoms with Crippen LogP contribution in [0.1, 0.15) is 52.9 Å². The fraction of sp³-hybridized carbons (Fsp3) is 0.833. The second-order valence-corrected chi connectivity index (χ2v) is 4.77. The van der Waals surface area contributed by atoms with Crippen LogP contribution in [0.2, 0.25) is 0 Å². The van der Waals surface area contributed by atoms with Gasteiger partial charge in [0.05, 0.1) is 6.54 Å². The standard InChI is InChI=1S/C12H24N4/c1-6-10(4)11(5)13-7-12-14-8-15-16(12)9(2)3/h8-11,13H,6-7H2,1-5H3. The topological polar surface area (TPSA) is 42.7 Å². The third-order valence-corrected chi connectivity index (χ3v) is 3.22. The van der Waals surface area contributed by atoms with Gasteiger partial charge in [0.15, 0.2) is 0 Å². The van der Waals surface area contributed by atoms with Crippen molar-refractivity contribution in [2.45, 2.75) is 59.7 Å². The van der Waals surface area contributed by atoms with Gasteiger partial charge in [0.2, 0.25) is 0 Å². The highest BCUT2D eigenvalue weighted by Crippen LogP contribution is 2.09. The lowest BCUT2D eigenvalue weighted by Gasteiger charge is -2.20. The summed E-state index contributed by atoms with van der Waals surface area (Å²) in [5.74, 6) is 1.71. The van der Waals surface area contributed by atoms with E-state index in [4.69, 9.17) is 0 Å². The first-order valence-corrected chi connectivity index (χ1v) is 6.18. The zero-order valence-corrected chi connectivity index (χ0v) is 11.1. The molecule has 0 bridgehead atoms. The van der Waals surface area contributed by atoms with Gasteiger partial charge in [-0.1, -0.05) is 20.3 Å². The Hall–Kier alpha value is -0.900. The van der Waals surface area contributed by atoms with E-state index >= 15 is 0 Å². The van der Waals surface area contributed by atoms with Gasteiger partial charge in [-0.15, -0.1) is 0 Å². The quantitative estimate of drug-likeness (QED) is 0.806. The Morgan fingerprint density at radius 1 is 1.31 bits per heavy atom. The highest BCUT2D eigenvalue weighted by Gasteiger charge is 2.12. The summed E-state index contributed by atoms with van der Waals surface area (Å²) in [5, 5.41) is 7.73. The molecular weight excluding hydrogens is 200 g/mol. The number of nitrogens with one attached hydrogen (secondary N) is 1. The molecule has 0 aliphatic rings. The van der Waals surface area contributed by atoms with Crippen molar-refractivity contribution in [3.05, 3.63) is 12.2 Å². The molecule has 1 aromatic heterocycles. The van der Waals surface area contributed by atoms with Crippen molar-refractivity contribution in [2.24, 2.45) is 5.92 Å². The SMILES string of the molecule is CCC(C)C(C)NCc1ncnn1C(C)C. The van der Waals surface area contributed by atoms with E-state index in [2.05, 4.69) is 50.0 Å². The van der Waals surface area contributed by atoms with Crippen molar-refractivity contribution in [1.29, 1.82) is 0 Å². The van der Waals surface area contributed by atoms with Crippen molar-refractivity contribution in [1.82, 2.24) is 20.1 Å². The molecule has 4 nitrogen and oxygen atoms in total. The molecule has 0 aromatic carbocycles. The Kier molecular flexibility index (Phi) is 4.93. The van der Waals surface area contributed by atoms with E-state index in [0.717, 1.165) is 12.4 Å². The van der Waals surface area contributed by atoms with E-state index in [0.29, 0.717) is 18.0 Å². The fourth-order valence-corrected chi connectivity index (χ4v) is 1.64. The van der Waals surface area contributed by atoms with E-state index in [-0.39, 0.29) is 0 Å². The van der Waals surface area contributed by atoms with Crippen molar-refractivity contribution >= 4 is 0 Å². The minimum atomic E-state index is 0.373. The summed E-state index contributed by atoms with van der Waals surface area (Å²) in [4.78, 5) is 4.28. The maximum absolute atomic E-state index is 4.28. The second kappa shape index (κ2) is 5.99.